The fourth-order valence-corrected chi connectivity index (χ4v) is 2.56. The van der Waals surface area contributed by atoms with Crippen LogP contribution >= 0.6 is 0 Å². The minimum atomic E-state index is 0.674. The summed E-state index contributed by atoms with van der Waals surface area (Å²) >= 11 is 0. The highest BCUT2D eigenvalue weighted by Gasteiger charge is 2.24. The third-order valence-corrected chi connectivity index (χ3v) is 3.42. The second kappa shape index (κ2) is 5.34. The normalized spacial score (nSPS) is 16.9. The lowest BCUT2D eigenvalue weighted by Gasteiger charge is -2.29. The molecule has 1 saturated carbocycles. The highest BCUT2D eigenvalue weighted by molar-refractivity contribution is 5.33. The summed E-state index contributed by atoms with van der Waals surface area (Å²) in [5.41, 5.74) is 5.61. The minimum absolute atomic E-state index is 0.674. The van der Waals surface area contributed by atoms with Crippen LogP contribution in [0.15, 0.2) is 12.4 Å². The molecule has 16 heavy (non-hydrogen) atoms. The first-order chi connectivity index (χ1) is 7.83. The third-order valence-electron chi connectivity index (χ3n) is 3.42. The Hall–Kier alpha value is -1.03. The molecule has 0 amide bonds. The summed E-state index contributed by atoms with van der Waals surface area (Å²) in [5, 5.41) is 0. The van der Waals surface area contributed by atoms with Crippen LogP contribution in [0, 0.1) is 0 Å². The van der Waals surface area contributed by atoms with Gasteiger partial charge in [-0.05, 0) is 25.8 Å². The molecule has 4 nitrogen and oxygen atoms in total. The lowest BCUT2D eigenvalue weighted by atomic mass is 10.2. The molecule has 1 heterocycles. The highest BCUT2D eigenvalue weighted by Crippen LogP contribution is 2.27. The lowest BCUT2D eigenvalue weighted by Crippen LogP contribution is -2.36. The van der Waals surface area contributed by atoms with Crippen molar-refractivity contribution in [1.29, 1.82) is 0 Å². The SMILES string of the molecule is Cn1ccnc1N(CCCN)C1CCCC1. The maximum absolute atomic E-state index is 5.61. The number of aryl methyl sites for hydroxylation is 1. The quantitative estimate of drug-likeness (QED) is 0.821. The van der Waals surface area contributed by atoms with Crippen molar-refractivity contribution in [3.63, 3.8) is 0 Å². The van der Waals surface area contributed by atoms with Gasteiger partial charge >= 0.3 is 0 Å². The van der Waals surface area contributed by atoms with Crippen molar-refractivity contribution in [2.75, 3.05) is 18.0 Å². The van der Waals surface area contributed by atoms with Gasteiger partial charge in [0.1, 0.15) is 0 Å². The maximum atomic E-state index is 5.61. The van der Waals surface area contributed by atoms with Gasteiger partial charge in [-0.1, -0.05) is 12.8 Å². The number of nitrogens with zero attached hydrogens (tertiary/aromatic N) is 3. The Morgan fingerprint density at radius 2 is 2.25 bits per heavy atom. The lowest BCUT2D eigenvalue weighted by molar-refractivity contribution is 0.571. The summed E-state index contributed by atoms with van der Waals surface area (Å²) in [6.45, 7) is 1.79. The minimum Gasteiger partial charge on any atom is -0.339 e. The Kier molecular flexibility index (Phi) is 3.83. The van der Waals surface area contributed by atoms with E-state index in [-0.39, 0.29) is 0 Å². The summed E-state index contributed by atoms with van der Waals surface area (Å²) < 4.78 is 2.11. The number of imidazole rings is 1. The average molecular weight is 222 g/mol. The zero-order valence-corrected chi connectivity index (χ0v) is 10.1. The van der Waals surface area contributed by atoms with Gasteiger partial charge in [0.2, 0.25) is 5.95 Å². The molecule has 2 N–H and O–H groups in total. The summed E-state index contributed by atoms with van der Waals surface area (Å²) in [5.74, 6) is 1.10. The molecular formula is C12H22N4. The van der Waals surface area contributed by atoms with E-state index >= 15 is 0 Å². The number of hydrogen-bond donors (Lipinski definition) is 1. The number of anilines is 1. The summed E-state index contributed by atoms with van der Waals surface area (Å²) in [6, 6.07) is 0.674. The number of nitrogens with two attached hydrogens (primary N) is 1. The largest absolute Gasteiger partial charge is 0.339 e. The molecule has 90 valence electrons. The van der Waals surface area contributed by atoms with E-state index in [1.807, 2.05) is 12.4 Å². The van der Waals surface area contributed by atoms with E-state index < -0.39 is 0 Å². The van der Waals surface area contributed by atoms with Gasteiger partial charge in [0.05, 0.1) is 0 Å². The zero-order chi connectivity index (χ0) is 11.4. The molecule has 0 aliphatic heterocycles. The molecule has 0 aromatic carbocycles. The van der Waals surface area contributed by atoms with E-state index in [2.05, 4.69) is 21.5 Å². The van der Waals surface area contributed by atoms with Crippen molar-refractivity contribution in [2.24, 2.45) is 12.8 Å². The van der Waals surface area contributed by atoms with Crippen LogP contribution < -0.4 is 10.6 Å². The molecular weight excluding hydrogens is 200 g/mol. The molecule has 4 heteroatoms. The van der Waals surface area contributed by atoms with Gasteiger partial charge in [0.15, 0.2) is 0 Å². The smallest absolute Gasteiger partial charge is 0.205 e. The van der Waals surface area contributed by atoms with E-state index in [1.54, 1.807) is 0 Å². The second-order valence-electron chi connectivity index (χ2n) is 4.61. The Morgan fingerprint density at radius 1 is 1.50 bits per heavy atom. The van der Waals surface area contributed by atoms with E-state index in [0.717, 1.165) is 25.5 Å². The van der Waals surface area contributed by atoms with E-state index in [4.69, 9.17) is 5.73 Å². The third kappa shape index (κ3) is 2.38. The molecule has 2 rings (SSSR count). The van der Waals surface area contributed by atoms with Crippen LogP contribution in [0.4, 0.5) is 5.95 Å². The maximum Gasteiger partial charge on any atom is 0.205 e. The van der Waals surface area contributed by atoms with E-state index in [0.29, 0.717) is 6.04 Å². The van der Waals surface area contributed by atoms with Gasteiger partial charge in [-0.2, -0.15) is 0 Å². The molecule has 0 atom stereocenters. The van der Waals surface area contributed by atoms with Crippen molar-refractivity contribution in [1.82, 2.24) is 9.55 Å². The summed E-state index contributed by atoms with van der Waals surface area (Å²) in [7, 11) is 2.06. The Morgan fingerprint density at radius 3 is 2.81 bits per heavy atom. The topological polar surface area (TPSA) is 47.1 Å². The van der Waals surface area contributed by atoms with Crippen LogP contribution in [0.25, 0.3) is 0 Å². The molecule has 1 aliphatic carbocycles. The van der Waals surface area contributed by atoms with Crippen molar-refractivity contribution >= 4 is 5.95 Å². The first-order valence-corrected chi connectivity index (χ1v) is 6.27. The molecule has 0 saturated heterocycles. The average Bonchev–Trinajstić information content (AvgIpc) is 2.91. The summed E-state index contributed by atoms with van der Waals surface area (Å²) in [4.78, 5) is 6.91. The summed E-state index contributed by atoms with van der Waals surface area (Å²) in [6.07, 6.45) is 10.3. The van der Waals surface area contributed by atoms with Crippen LogP contribution in [0.1, 0.15) is 32.1 Å². The monoisotopic (exact) mass is 222 g/mol. The zero-order valence-electron chi connectivity index (χ0n) is 10.1. The predicted octanol–water partition coefficient (Wildman–Crippen LogP) is 1.52. The van der Waals surface area contributed by atoms with Crippen LogP contribution in [-0.2, 0) is 7.05 Å². The fourth-order valence-electron chi connectivity index (χ4n) is 2.56. The van der Waals surface area contributed by atoms with Gasteiger partial charge < -0.3 is 15.2 Å². The number of aromatic nitrogens is 2. The second-order valence-corrected chi connectivity index (χ2v) is 4.61. The molecule has 0 spiro atoms. The van der Waals surface area contributed by atoms with Gasteiger partial charge in [-0.15, -0.1) is 0 Å². The molecule has 1 aromatic rings. The van der Waals surface area contributed by atoms with Gasteiger partial charge in [0.25, 0.3) is 0 Å². The number of hydrogen-bond acceptors (Lipinski definition) is 3. The Labute approximate surface area is 97.4 Å². The fraction of sp³-hybridized carbons (Fsp3) is 0.750. The van der Waals surface area contributed by atoms with E-state index in [9.17, 15) is 0 Å². The van der Waals surface area contributed by atoms with Gasteiger partial charge in [0, 0.05) is 32.0 Å². The Balaban J connectivity index is 2.10. The Bertz CT molecular complexity index is 315. The van der Waals surface area contributed by atoms with Crippen LogP contribution in [0.2, 0.25) is 0 Å². The van der Waals surface area contributed by atoms with Crippen molar-refractivity contribution in [3.8, 4) is 0 Å². The molecule has 1 aromatic heterocycles. The standard InChI is InChI=1S/C12H22N4/c1-15-10-8-14-12(15)16(9-4-7-13)11-5-2-3-6-11/h8,10-11H,2-7,9,13H2,1H3. The molecule has 1 fully saturated rings. The first kappa shape index (κ1) is 11.5. The highest BCUT2D eigenvalue weighted by atomic mass is 15.3. The van der Waals surface area contributed by atoms with Crippen LogP contribution in [-0.4, -0.2) is 28.7 Å². The molecule has 0 unspecified atom stereocenters. The number of rotatable bonds is 5. The van der Waals surface area contributed by atoms with Crippen LogP contribution in [0.3, 0.4) is 0 Å². The van der Waals surface area contributed by atoms with Crippen molar-refractivity contribution in [2.45, 2.75) is 38.1 Å². The molecule has 1 aliphatic rings. The van der Waals surface area contributed by atoms with Gasteiger partial charge in [-0.3, -0.25) is 0 Å². The van der Waals surface area contributed by atoms with Crippen molar-refractivity contribution in [3.05, 3.63) is 12.4 Å². The van der Waals surface area contributed by atoms with Crippen LogP contribution in [0.5, 0.6) is 0 Å². The van der Waals surface area contributed by atoms with Crippen molar-refractivity contribution < 1.29 is 0 Å². The predicted molar refractivity (Wildman–Crippen MR) is 66.5 cm³/mol. The molecule has 0 bridgehead atoms. The molecule has 0 radical (unpaired) electrons. The van der Waals surface area contributed by atoms with Gasteiger partial charge in [-0.25, -0.2) is 4.98 Å². The first-order valence-electron chi connectivity index (χ1n) is 6.27. The van der Waals surface area contributed by atoms with E-state index in [1.165, 1.54) is 25.7 Å².